The van der Waals surface area contributed by atoms with Crippen molar-refractivity contribution in [1.82, 2.24) is 16.0 Å². The van der Waals surface area contributed by atoms with Crippen molar-refractivity contribution in [2.75, 3.05) is 24.3 Å². The Morgan fingerprint density at radius 1 is 1.12 bits per heavy atom. The van der Waals surface area contributed by atoms with E-state index in [2.05, 4.69) is 28.6 Å². The number of aliphatic carboxylic acids is 1. The second-order valence-corrected chi connectivity index (χ2v) is 6.27. The number of carboxylic acid groups (broad SMARTS) is 1. The summed E-state index contributed by atoms with van der Waals surface area (Å²) in [5, 5.41) is 16.2. The van der Waals surface area contributed by atoms with Crippen molar-refractivity contribution in [3.8, 4) is 0 Å². The van der Waals surface area contributed by atoms with Gasteiger partial charge in [-0.2, -0.15) is 24.4 Å². The minimum absolute atomic E-state index is 0.0762. The van der Waals surface area contributed by atoms with Gasteiger partial charge in [0.25, 0.3) is 0 Å². The fourth-order valence-electron chi connectivity index (χ4n) is 1.62. The van der Waals surface area contributed by atoms with Gasteiger partial charge in [-0.15, -0.1) is 0 Å². The van der Waals surface area contributed by atoms with Gasteiger partial charge in [0.2, 0.25) is 17.7 Å². The van der Waals surface area contributed by atoms with Gasteiger partial charge in [0.15, 0.2) is 0 Å². The van der Waals surface area contributed by atoms with E-state index in [0.29, 0.717) is 12.2 Å². The quantitative estimate of drug-likeness (QED) is 0.231. The van der Waals surface area contributed by atoms with Crippen LogP contribution in [0.25, 0.3) is 0 Å². The van der Waals surface area contributed by atoms with Gasteiger partial charge >= 0.3 is 5.97 Å². The number of carbonyl (C=O) groups excluding carboxylic acids is 3. The summed E-state index contributed by atoms with van der Waals surface area (Å²) in [5.41, 5.74) is 5.16. The average molecular weight is 380 g/mol. The molecule has 11 heteroatoms. The molecule has 0 radical (unpaired) electrons. The maximum atomic E-state index is 12.2. The second-order valence-electron chi connectivity index (χ2n) is 4.92. The molecule has 138 valence electrons. The Balaban J connectivity index is 4.86. The highest BCUT2D eigenvalue weighted by atomic mass is 32.2. The summed E-state index contributed by atoms with van der Waals surface area (Å²) in [7, 11) is 0. The predicted molar refractivity (Wildman–Crippen MR) is 95.0 cm³/mol. The molecule has 0 bridgehead atoms. The maximum absolute atomic E-state index is 12.2. The van der Waals surface area contributed by atoms with Crippen LogP contribution in [0, 0.1) is 0 Å². The van der Waals surface area contributed by atoms with Crippen molar-refractivity contribution in [3.05, 3.63) is 0 Å². The lowest BCUT2D eigenvalue weighted by Gasteiger charge is -2.22. The molecular formula is C13H24N4O5S2. The number of rotatable bonds is 11. The Kier molecular flexibility index (Phi) is 11.3. The summed E-state index contributed by atoms with van der Waals surface area (Å²) in [6.07, 6.45) is 2.16. The fourth-order valence-corrected chi connectivity index (χ4v) is 2.34. The van der Waals surface area contributed by atoms with Gasteiger partial charge in [-0.1, -0.05) is 0 Å². The second kappa shape index (κ2) is 12.0. The lowest BCUT2D eigenvalue weighted by Crippen LogP contribution is -2.56. The van der Waals surface area contributed by atoms with Crippen molar-refractivity contribution in [3.63, 3.8) is 0 Å². The van der Waals surface area contributed by atoms with E-state index in [1.54, 1.807) is 0 Å². The molecule has 0 saturated heterocycles. The smallest absolute Gasteiger partial charge is 0.327 e. The molecule has 24 heavy (non-hydrogen) atoms. The molecule has 6 N–H and O–H groups in total. The molecule has 0 aliphatic heterocycles. The van der Waals surface area contributed by atoms with Crippen LogP contribution < -0.4 is 21.7 Å². The molecular weight excluding hydrogens is 356 g/mol. The van der Waals surface area contributed by atoms with E-state index in [1.165, 1.54) is 18.7 Å². The topological polar surface area (TPSA) is 151 Å². The minimum Gasteiger partial charge on any atom is -0.480 e. The number of carbonyl (C=O) groups is 4. The van der Waals surface area contributed by atoms with Crippen LogP contribution in [0.15, 0.2) is 0 Å². The number of hydrogen-bond donors (Lipinski definition) is 6. The average Bonchev–Trinajstić information content (AvgIpc) is 2.55. The molecule has 0 fully saturated rings. The highest BCUT2D eigenvalue weighted by molar-refractivity contribution is 7.98. The van der Waals surface area contributed by atoms with E-state index in [9.17, 15) is 19.2 Å². The van der Waals surface area contributed by atoms with Crippen molar-refractivity contribution >= 4 is 48.1 Å². The predicted octanol–water partition coefficient (Wildman–Crippen LogP) is -1.81. The number of nitrogens with two attached hydrogens (primary N) is 1. The molecule has 9 nitrogen and oxygen atoms in total. The van der Waals surface area contributed by atoms with Crippen LogP contribution >= 0.6 is 24.4 Å². The Labute approximate surface area is 150 Å². The van der Waals surface area contributed by atoms with Gasteiger partial charge < -0.3 is 26.8 Å². The lowest BCUT2D eigenvalue weighted by molar-refractivity contribution is -0.141. The van der Waals surface area contributed by atoms with E-state index in [0.717, 1.165) is 0 Å². The van der Waals surface area contributed by atoms with Crippen LogP contribution in [-0.4, -0.2) is 71.2 Å². The number of thioether (sulfide) groups is 1. The van der Waals surface area contributed by atoms with E-state index >= 15 is 0 Å². The lowest BCUT2D eigenvalue weighted by atomic mass is 10.1. The third-order valence-electron chi connectivity index (χ3n) is 3.00. The highest BCUT2D eigenvalue weighted by Gasteiger charge is 2.27. The summed E-state index contributed by atoms with van der Waals surface area (Å²) in [6, 6.07) is -2.93. The molecule has 0 spiro atoms. The summed E-state index contributed by atoms with van der Waals surface area (Å²) in [5.74, 6) is -2.37. The molecule has 0 heterocycles. The Bertz CT molecular complexity index is 464. The van der Waals surface area contributed by atoms with E-state index in [1.807, 2.05) is 6.26 Å². The first-order chi connectivity index (χ1) is 11.3. The molecule has 0 aromatic heterocycles. The van der Waals surface area contributed by atoms with Gasteiger partial charge in [0, 0.05) is 5.75 Å². The molecule has 0 aromatic rings. The SMILES string of the molecule is CSCCC(NC(=O)C(C)NC(=O)CN)C(=O)NC(CS)C(=O)O. The summed E-state index contributed by atoms with van der Waals surface area (Å²) >= 11 is 5.35. The largest absolute Gasteiger partial charge is 0.480 e. The standard InChI is InChI=1S/C13H24N4O5S2/c1-7(15-10(18)5-14)11(19)16-8(3-4-24-2)12(20)17-9(6-23)13(21)22/h7-9,23H,3-6,14H2,1-2H3,(H,15,18)(H,16,19)(H,17,20)(H,21,22). The third kappa shape index (κ3) is 8.41. The number of nitrogens with one attached hydrogen (secondary N) is 3. The first-order valence-electron chi connectivity index (χ1n) is 7.19. The number of amides is 3. The zero-order chi connectivity index (χ0) is 18.7. The van der Waals surface area contributed by atoms with Crippen LogP contribution in [0.2, 0.25) is 0 Å². The summed E-state index contributed by atoms with van der Waals surface area (Å²) in [6.45, 7) is 1.20. The van der Waals surface area contributed by atoms with Crippen molar-refractivity contribution in [2.24, 2.45) is 5.73 Å². The van der Waals surface area contributed by atoms with Crippen LogP contribution in [0.4, 0.5) is 0 Å². The molecule has 0 rings (SSSR count). The van der Waals surface area contributed by atoms with E-state index < -0.39 is 41.8 Å². The highest BCUT2D eigenvalue weighted by Crippen LogP contribution is 2.03. The minimum atomic E-state index is -1.21. The van der Waals surface area contributed by atoms with E-state index in [4.69, 9.17) is 10.8 Å². The van der Waals surface area contributed by atoms with Crippen molar-refractivity contribution < 1.29 is 24.3 Å². The van der Waals surface area contributed by atoms with E-state index in [-0.39, 0.29) is 12.3 Å². The van der Waals surface area contributed by atoms with Gasteiger partial charge in [0.05, 0.1) is 6.54 Å². The third-order valence-corrected chi connectivity index (χ3v) is 4.01. The van der Waals surface area contributed by atoms with Crippen LogP contribution in [0.1, 0.15) is 13.3 Å². The normalized spacial score (nSPS) is 14.2. The van der Waals surface area contributed by atoms with Crippen LogP contribution in [0.3, 0.4) is 0 Å². The number of hydrogen-bond acceptors (Lipinski definition) is 7. The first-order valence-corrected chi connectivity index (χ1v) is 9.22. The monoisotopic (exact) mass is 380 g/mol. The van der Waals surface area contributed by atoms with Gasteiger partial charge in [-0.25, -0.2) is 4.79 Å². The van der Waals surface area contributed by atoms with Gasteiger partial charge in [0.1, 0.15) is 18.1 Å². The number of thiol groups is 1. The van der Waals surface area contributed by atoms with Crippen molar-refractivity contribution in [1.29, 1.82) is 0 Å². The molecule has 3 atom stereocenters. The Morgan fingerprint density at radius 3 is 2.17 bits per heavy atom. The summed E-state index contributed by atoms with van der Waals surface area (Å²) in [4.78, 5) is 46.5. The molecule has 3 amide bonds. The van der Waals surface area contributed by atoms with Gasteiger partial charge in [-0.3, -0.25) is 14.4 Å². The van der Waals surface area contributed by atoms with Gasteiger partial charge in [-0.05, 0) is 25.4 Å². The maximum Gasteiger partial charge on any atom is 0.327 e. The summed E-state index contributed by atoms with van der Waals surface area (Å²) < 4.78 is 0. The molecule has 0 saturated carbocycles. The van der Waals surface area contributed by atoms with Crippen molar-refractivity contribution in [2.45, 2.75) is 31.5 Å². The van der Waals surface area contributed by atoms with Crippen LogP contribution in [0.5, 0.6) is 0 Å². The van der Waals surface area contributed by atoms with Crippen LogP contribution in [-0.2, 0) is 19.2 Å². The molecule has 0 aromatic carbocycles. The Morgan fingerprint density at radius 2 is 1.71 bits per heavy atom. The molecule has 0 aliphatic rings. The Hall–Kier alpha value is -1.46. The number of carboxylic acids is 1. The zero-order valence-electron chi connectivity index (χ0n) is 13.6. The fraction of sp³-hybridized carbons (Fsp3) is 0.692. The first kappa shape index (κ1) is 22.5. The zero-order valence-corrected chi connectivity index (χ0v) is 15.3. The molecule has 0 aliphatic carbocycles. The molecule has 3 unspecified atom stereocenters.